The van der Waals surface area contributed by atoms with Crippen molar-refractivity contribution in [2.75, 3.05) is 0 Å². The van der Waals surface area contributed by atoms with Gasteiger partial charge in [-0.3, -0.25) is 4.98 Å². The number of nitrogens with zero attached hydrogens (tertiary/aromatic N) is 6. The Labute approximate surface area is 459 Å². The van der Waals surface area contributed by atoms with E-state index in [0.717, 1.165) is 89.6 Å². The van der Waals surface area contributed by atoms with Crippen LogP contribution in [0.15, 0.2) is 174 Å². The number of aromatic nitrogens is 6. The second-order valence-electron chi connectivity index (χ2n) is 25.8. The van der Waals surface area contributed by atoms with Gasteiger partial charge in [0.25, 0.3) is 0 Å². The molecule has 0 saturated heterocycles. The van der Waals surface area contributed by atoms with E-state index in [4.69, 9.17) is 26.7 Å². The lowest BCUT2D eigenvalue weighted by Gasteiger charge is -2.18. The Morgan fingerprint density at radius 2 is 1.03 bits per heavy atom. The van der Waals surface area contributed by atoms with Crippen molar-refractivity contribution in [2.45, 2.75) is 157 Å². The van der Waals surface area contributed by atoms with E-state index in [1.807, 2.05) is 66.9 Å². The van der Waals surface area contributed by atoms with E-state index in [1.54, 1.807) is 43.6 Å². The summed E-state index contributed by atoms with van der Waals surface area (Å²) in [6, 6.07) is 32.7. The van der Waals surface area contributed by atoms with Crippen LogP contribution in [0, 0.1) is 0 Å². The van der Waals surface area contributed by atoms with Crippen molar-refractivity contribution in [2.24, 2.45) is 0 Å². The quantitative estimate of drug-likeness (QED) is 0.142. The van der Waals surface area contributed by atoms with Crippen LogP contribution in [0.3, 0.4) is 0 Å². The SMILES string of the molecule is CC(C)(C)c1ccc2ccnc-2o1.CC(C)(C)c1ccc2ccoc2n1.CC(C)(C)c1ccc2cncc-2o1.CC(C)(C)c1ccc2cnoc2c1.CC(C)(C)c1ccc2cocc2n1.CC(C)(C)c1ccc2conc2c1. The lowest BCUT2D eigenvalue weighted by atomic mass is 9.87. The van der Waals surface area contributed by atoms with Crippen molar-refractivity contribution in [3.05, 3.63) is 181 Å². The number of benzene rings is 2. The van der Waals surface area contributed by atoms with E-state index in [2.05, 4.69) is 191 Å². The van der Waals surface area contributed by atoms with Crippen molar-refractivity contribution in [3.63, 3.8) is 0 Å². The molecule has 0 radical (unpaired) electrons. The largest absolute Gasteiger partial charge is 0.470 e. The molecule has 0 atom stereocenters. The highest BCUT2D eigenvalue weighted by Crippen LogP contribution is 2.32. The number of hydrogen-bond donors (Lipinski definition) is 0. The molecule has 0 aliphatic carbocycles. The lowest BCUT2D eigenvalue weighted by Crippen LogP contribution is -2.12. The lowest BCUT2D eigenvalue weighted by molar-refractivity contribution is 0.399. The topological polar surface area (TPSA) is 156 Å². The molecule has 0 saturated carbocycles. The van der Waals surface area contributed by atoms with Crippen molar-refractivity contribution in [1.82, 2.24) is 30.2 Å². The zero-order chi connectivity index (χ0) is 56.8. The molecule has 2 aromatic carbocycles. The molecular formula is C66H78N6O6. The third-order valence-corrected chi connectivity index (χ3v) is 12.8. The molecule has 10 heterocycles. The molecule has 4 aliphatic rings. The first kappa shape index (κ1) is 57.8. The Morgan fingerprint density at radius 3 is 1.68 bits per heavy atom. The first-order chi connectivity index (χ1) is 36.4. The molecule has 0 spiro atoms. The highest BCUT2D eigenvalue weighted by molar-refractivity contribution is 5.79. The fourth-order valence-electron chi connectivity index (χ4n) is 7.69. The minimum absolute atomic E-state index is 0.0487. The third-order valence-electron chi connectivity index (χ3n) is 12.8. The summed E-state index contributed by atoms with van der Waals surface area (Å²) >= 11 is 0. The number of hydrogen-bond acceptors (Lipinski definition) is 12. The maximum Gasteiger partial charge on any atom is 0.226 e. The van der Waals surface area contributed by atoms with Crippen molar-refractivity contribution in [3.8, 4) is 22.8 Å². The van der Waals surface area contributed by atoms with Gasteiger partial charge in [0.2, 0.25) is 11.6 Å². The summed E-state index contributed by atoms with van der Waals surface area (Å²) in [7, 11) is 0. The van der Waals surface area contributed by atoms with E-state index < -0.39 is 0 Å². The molecule has 4 aliphatic heterocycles. The molecule has 0 N–H and O–H groups in total. The molecule has 12 heteroatoms. The third kappa shape index (κ3) is 15.2. The van der Waals surface area contributed by atoms with E-state index >= 15 is 0 Å². The van der Waals surface area contributed by atoms with Crippen LogP contribution in [-0.4, -0.2) is 30.2 Å². The van der Waals surface area contributed by atoms with Gasteiger partial charge in [-0.25, -0.2) is 15.0 Å². The molecule has 12 rings (SSSR count). The maximum atomic E-state index is 5.70. The van der Waals surface area contributed by atoms with Crippen LogP contribution < -0.4 is 0 Å². The molecule has 0 amide bonds. The van der Waals surface area contributed by atoms with Crippen LogP contribution in [0.1, 0.15) is 159 Å². The fraction of sp³-hybridized carbons (Fsp3) is 0.364. The fourth-order valence-corrected chi connectivity index (χ4v) is 7.69. The first-order valence-corrected chi connectivity index (χ1v) is 26.5. The van der Waals surface area contributed by atoms with Gasteiger partial charge in [-0.2, -0.15) is 0 Å². The van der Waals surface area contributed by atoms with E-state index in [1.165, 1.54) is 11.1 Å². The standard InChI is InChI=1S/6C11H13NO/c1-11(2,3)9-5-4-8-7-13-12-10(8)6-9;1-11(2,3)9-5-4-8-7-12-13-10(8)6-9;1-11(2,3)10-5-4-8-6-13-7-9(8)12-10;1-11(2,3)10-5-4-8-6-12-7-9(8)13-10;1-11(2,3)9-5-4-8-6-7-13-10(8)12-9;1-11(2,3)9-5-4-8-6-7-12-10(8)13-9/h6*4-7H,1-3H3. The molecule has 78 heavy (non-hydrogen) atoms. The highest BCUT2D eigenvalue weighted by atomic mass is 16.5. The Balaban J connectivity index is 0.000000136. The zero-order valence-corrected chi connectivity index (χ0v) is 49.0. The van der Waals surface area contributed by atoms with E-state index in [9.17, 15) is 0 Å². The summed E-state index contributed by atoms with van der Waals surface area (Å²) in [5.41, 5.74) is 11.0. The predicted molar refractivity (Wildman–Crippen MR) is 314 cm³/mol. The summed E-state index contributed by atoms with van der Waals surface area (Å²) < 4.78 is 31.7. The minimum Gasteiger partial charge on any atom is -0.470 e. The molecule has 0 unspecified atom stereocenters. The van der Waals surface area contributed by atoms with Gasteiger partial charge in [0.1, 0.15) is 35.1 Å². The second kappa shape index (κ2) is 23.0. The number of furan rings is 2. The predicted octanol–water partition coefficient (Wildman–Crippen LogP) is 18.7. The first-order valence-electron chi connectivity index (χ1n) is 26.5. The summed E-state index contributed by atoms with van der Waals surface area (Å²) in [5.74, 6) is 3.56. The van der Waals surface area contributed by atoms with Gasteiger partial charge in [0, 0.05) is 78.1 Å². The Bertz CT molecular complexity index is 3270. The van der Waals surface area contributed by atoms with Gasteiger partial charge in [-0.15, -0.1) is 0 Å². The average Bonchev–Trinajstić information content (AvgIpc) is 4.23. The molecule has 8 aromatic rings. The van der Waals surface area contributed by atoms with Crippen molar-refractivity contribution < 1.29 is 26.7 Å². The van der Waals surface area contributed by atoms with Crippen LogP contribution in [0.4, 0.5) is 0 Å². The van der Waals surface area contributed by atoms with Crippen LogP contribution >= 0.6 is 0 Å². The number of rotatable bonds is 0. The summed E-state index contributed by atoms with van der Waals surface area (Å²) in [4.78, 5) is 17.1. The molecule has 6 aromatic heterocycles. The van der Waals surface area contributed by atoms with Crippen molar-refractivity contribution in [1.29, 1.82) is 0 Å². The van der Waals surface area contributed by atoms with Crippen LogP contribution in [0.5, 0.6) is 0 Å². The normalized spacial score (nSPS) is 12.2. The monoisotopic (exact) mass is 1050 g/mol. The van der Waals surface area contributed by atoms with Crippen molar-refractivity contribution >= 4 is 43.9 Å². The Morgan fingerprint density at radius 1 is 0.436 bits per heavy atom. The van der Waals surface area contributed by atoms with Crippen LogP contribution in [0.25, 0.3) is 66.7 Å². The van der Waals surface area contributed by atoms with E-state index in [-0.39, 0.29) is 32.5 Å². The Kier molecular flexibility index (Phi) is 17.1. The second-order valence-corrected chi connectivity index (χ2v) is 25.8. The molecule has 0 fully saturated rings. The van der Waals surface area contributed by atoms with E-state index in [0.29, 0.717) is 0 Å². The summed E-state index contributed by atoms with van der Waals surface area (Å²) in [6.07, 6.45) is 13.8. The van der Waals surface area contributed by atoms with Gasteiger partial charge >= 0.3 is 0 Å². The maximum absolute atomic E-state index is 5.70. The Hall–Kier alpha value is -7.86. The van der Waals surface area contributed by atoms with Crippen LogP contribution in [0.2, 0.25) is 0 Å². The van der Waals surface area contributed by atoms with Gasteiger partial charge in [0.05, 0.1) is 24.9 Å². The van der Waals surface area contributed by atoms with Gasteiger partial charge in [0.15, 0.2) is 11.3 Å². The van der Waals surface area contributed by atoms with Gasteiger partial charge < -0.3 is 26.7 Å². The highest BCUT2D eigenvalue weighted by Gasteiger charge is 2.21. The summed E-state index contributed by atoms with van der Waals surface area (Å²) in [5, 5.41) is 11.9. The van der Waals surface area contributed by atoms with Gasteiger partial charge in [-0.1, -0.05) is 147 Å². The number of fused-ring (bicyclic) bond motifs is 6. The molecular weight excluding hydrogens is 973 g/mol. The smallest absolute Gasteiger partial charge is 0.226 e. The van der Waals surface area contributed by atoms with Crippen LogP contribution in [-0.2, 0) is 32.5 Å². The minimum atomic E-state index is 0.0487. The molecule has 408 valence electrons. The zero-order valence-electron chi connectivity index (χ0n) is 49.0. The summed E-state index contributed by atoms with van der Waals surface area (Å²) in [6.45, 7) is 38.8. The van der Waals surface area contributed by atoms with Gasteiger partial charge in [-0.05, 0) is 107 Å². The number of pyridine rings is 2. The average molecular weight is 1050 g/mol. The molecule has 0 bridgehead atoms. The molecule has 12 nitrogen and oxygen atoms in total.